The monoisotopic (exact) mass is 291 g/mol. The molecule has 2 aromatic rings. The summed E-state index contributed by atoms with van der Waals surface area (Å²) in [6.07, 6.45) is 4.78. The lowest BCUT2D eigenvalue weighted by Gasteiger charge is -2.05. The van der Waals surface area contributed by atoms with Gasteiger partial charge in [-0.15, -0.1) is 0 Å². The minimum atomic E-state index is -0.233. The smallest absolute Gasteiger partial charge is 0.247 e. The first-order valence-corrected chi connectivity index (χ1v) is 5.72. The SMILES string of the molecule is C=CC(=O)Nc1cccc(-n2cc(Br)cn2)c1. The molecule has 1 aromatic heterocycles. The van der Waals surface area contributed by atoms with Gasteiger partial charge < -0.3 is 5.32 Å². The fourth-order valence-electron chi connectivity index (χ4n) is 1.36. The van der Waals surface area contributed by atoms with Crippen LogP contribution in [0.15, 0.2) is 53.8 Å². The zero-order chi connectivity index (χ0) is 12.3. The Hall–Kier alpha value is -1.88. The molecule has 0 aliphatic carbocycles. The molecule has 17 heavy (non-hydrogen) atoms. The Bertz CT molecular complexity index is 562. The number of anilines is 1. The number of carbonyl (C=O) groups excluding carboxylic acids is 1. The number of benzene rings is 1. The van der Waals surface area contributed by atoms with E-state index in [1.807, 2.05) is 30.5 Å². The molecule has 1 N–H and O–H groups in total. The second-order valence-electron chi connectivity index (χ2n) is 3.35. The molecule has 5 heteroatoms. The summed E-state index contributed by atoms with van der Waals surface area (Å²) in [4.78, 5) is 11.2. The van der Waals surface area contributed by atoms with Gasteiger partial charge in [0.25, 0.3) is 0 Å². The molecule has 0 fully saturated rings. The normalized spacial score (nSPS) is 9.94. The van der Waals surface area contributed by atoms with Gasteiger partial charge in [-0.25, -0.2) is 4.68 Å². The third kappa shape index (κ3) is 2.82. The molecular formula is C12H10BrN3O. The van der Waals surface area contributed by atoms with Crippen LogP contribution >= 0.6 is 15.9 Å². The third-order valence-electron chi connectivity index (χ3n) is 2.11. The summed E-state index contributed by atoms with van der Waals surface area (Å²) in [6, 6.07) is 7.40. The first-order valence-electron chi connectivity index (χ1n) is 4.93. The maximum Gasteiger partial charge on any atom is 0.247 e. The van der Waals surface area contributed by atoms with Gasteiger partial charge in [0.1, 0.15) is 0 Å². The third-order valence-corrected chi connectivity index (χ3v) is 2.52. The highest BCUT2D eigenvalue weighted by Gasteiger charge is 2.01. The van der Waals surface area contributed by atoms with Crippen molar-refractivity contribution in [1.29, 1.82) is 0 Å². The van der Waals surface area contributed by atoms with Crippen LogP contribution in [0.3, 0.4) is 0 Å². The van der Waals surface area contributed by atoms with Crippen molar-refractivity contribution in [3.05, 3.63) is 53.8 Å². The van der Waals surface area contributed by atoms with E-state index in [1.54, 1.807) is 10.9 Å². The van der Waals surface area contributed by atoms with Crippen LogP contribution in [0, 0.1) is 0 Å². The Morgan fingerprint density at radius 1 is 1.53 bits per heavy atom. The van der Waals surface area contributed by atoms with Crippen molar-refractivity contribution >= 4 is 27.5 Å². The van der Waals surface area contributed by atoms with Gasteiger partial charge in [-0.3, -0.25) is 4.79 Å². The molecule has 1 aromatic carbocycles. The molecule has 4 nitrogen and oxygen atoms in total. The predicted octanol–water partition coefficient (Wildman–Crippen LogP) is 2.76. The second kappa shape index (κ2) is 4.97. The van der Waals surface area contributed by atoms with Crippen LogP contribution in [0.5, 0.6) is 0 Å². The summed E-state index contributed by atoms with van der Waals surface area (Å²) in [5, 5.41) is 6.86. The molecule has 0 saturated carbocycles. The van der Waals surface area contributed by atoms with E-state index in [4.69, 9.17) is 0 Å². The van der Waals surface area contributed by atoms with Gasteiger partial charge in [0.15, 0.2) is 0 Å². The minimum Gasteiger partial charge on any atom is -0.322 e. The summed E-state index contributed by atoms with van der Waals surface area (Å²) >= 11 is 3.33. The van der Waals surface area contributed by atoms with E-state index in [0.717, 1.165) is 10.2 Å². The lowest BCUT2D eigenvalue weighted by molar-refractivity contribution is -0.111. The van der Waals surface area contributed by atoms with Crippen LogP contribution in [0.4, 0.5) is 5.69 Å². The Balaban J connectivity index is 2.28. The number of hydrogen-bond donors (Lipinski definition) is 1. The molecular weight excluding hydrogens is 282 g/mol. The van der Waals surface area contributed by atoms with E-state index in [1.165, 1.54) is 6.08 Å². The average Bonchev–Trinajstić information content (AvgIpc) is 2.76. The van der Waals surface area contributed by atoms with Gasteiger partial charge in [-0.2, -0.15) is 5.10 Å². The Labute approximate surface area is 107 Å². The lowest BCUT2D eigenvalue weighted by Crippen LogP contribution is -2.07. The van der Waals surface area contributed by atoms with E-state index in [-0.39, 0.29) is 5.91 Å². The number of aromatic nitrogens is 2. The molecule has 86 valence electrons. The molecule has 0 unspecified atom stereocenters. The molecule has 0 atom stereocenters. The van der Waals surface area contributed by atoms with Gasteiger partial charge in [0, 0.05) is 11.9 Å². The molecule has 1 amide bonds. The van der Waals surface area contributed by atoms with Crippen molar-refractivity contribution in [2.45, 2.75) is 0 Å². The van der Waals surface area contributed by atoms with Crippen LogP contribution in [0.25, 0.3) is 5.69 Å². The van der Waals surface area contributed by atoms with Gasteiger partial charge in [-0.05, 0) is 40.2 Å². The molecule has 0 bridgehead atoms. The topological polar surface area (TPSA) is 46.9 Å². The van der Waals surface area contributed by atoms with Gasteiger partial charge in [0.2, 0.25) is 5.91 Å². The molecule has 1 heterocycles. The van der Waals surface area contributed by atoms with E-state index in [9.17, 15) is 4.79 Å². The highest BCUT2D eigenvalue weighted by molar-refractivity contribution is 9.10. The van der Waals surface area contributed by atoms with Crippen molar-refractivity contribution in [3.8, 4) is 5.69 Å². The maximum atomic E-state index is 11.2. The fraction of sp³-hybridized carbons (Fsp3) is 0. The van der Waals surface area contributed by atoms with Crippen LogP contribution < -0.4 is 5.32 Å². The number of carbonyl (C=O) groups is 1. The standard InChI is InChI=1S/C12H10BrN3O/c1-2-12(17)15-10-4-3-5-11(6-10)16-8-9(13)7-14-16/h2-8H,1H2,(H,15,17). The van der Waals surface area contributed by atoms with Crippen molar-refractivity contribution in [2.24, 2.45) is 0 Å². The molecule has 0 radical (unpaired) electrons. The minimum absolute atomic E-state index is 0.233. The molecule has 0 saturated heterocycles. The first kappa shape index (κ1) is 11.6. The second-order valence-corrected chi connectivity index (χ2v) is 4.26. The Kier molecular flexibility index (Phi) is 3.39. The Morgan fingerprint density at radius 3 is 3.00 bits per heavy atom. The largest absolute Gasteiger partial charge is 0.322 e. The molecule has 0 aliphatic heterocycles. The van der Waals surface area contributed by atoms with Gasteiger partial charge in [0.05, 0.1) is 16.4 Å². The fourth-order valence-corrected chi connectivity index (χ4v) is 1.65. The van der Waals surface area contributed by atoms with E-state index >= 15 is 0 Å². The van der Waals surface area contributed by atoms with E-state index in [0.29, 0.717) is 5.69 Å². The predicted molar refractivity (Wildman–Crippen MR) is 70.1 cm³/mol. The van der Waals surface area contributed by atoms with Crippen LogP contribution in [0.2, 0.25) is 0 Å². The first-order chi connectivity index (χ1) is 8.19. The molecule has 0 aliphatic rings. The highest BCUT2D eigenvalue weighted by atomic mass is 79.9. The van der Waals surface area contributed by atoms with Crippen molar-refractivity contribution in [2.75, 3.05) is 5.32 Å². The zero-order valence-corrected chi connectivity index (χ0v) is 10.5. The highest BCUT2D eigenvalue weighted by Crippen LogP contribution is 2.16. The molecule has 0 spiro atoms. The van der Waals surface area contributed by atoms with E-state index < -0.39 is 0 Å². The van der Waals surface area contributed by atoms with Crippen molar-refractivity contribution in [1.82, 2.24) is 9.78 Å². The summed E-state index contributed by atoms with van der Waals surface area (Å²) < 4.78 is 2.62. The number of amides is 1. The number of hydrogen-bond acceptors (Lipinski definition) is 2. The zero-order valence-electron chi connectivity index (χ0n) is 8.93. The van der Waals surface area contributed by atoms with Crippen molar-refractivity contribution < 1.29 is 4.79 Å². The van der Waals surface area contributed by atoms with Crippen molar-refractivity contribution in [3.63, 3.8) is 0 Å². The van der Waals surface area contributed by atoms with Crippen LogP contribution in [-0.4, -0.2) is 15.7 Å². The van der Waals surface area contributed by atoms with E-state index in [2.05, 4.69) is 32.9 Å². The molecule has 2 rings (SSSR count). The van der Waals surface area contributed by atoms with Crippen LogP contribution in [0.1, 0.15) is 0 Å². The maximum absolute atomic E-state index is 11.2. The average molecular weight is 292 g/mol. The number of nitrogens with zero attached hydrogens (tertiary/aromatic N) is 2. The summed E-state index contributed by atoms with van der Waals surface area (Å²) in [5.74, 6) is -0.233. The van der Waals surface area contributed by atoms with Crippen LogP contribution in [-0.2, 0) is 4.79 Å². The quantitative estimate of drug-likeness (QED) is 0.884. The summed E-state index contributed by atoms with van der Waals surface area (Å²) in [5.41, 5.74) is 1.58. The Morgan fingerprint density at radius 2 is 2.35 bits per heavy atom. The summed E-state index contributed by atoms with van der Waals surface area (Å²) in [6.45, 7) is 3.40. The van der Waals surface area contributed by atoms with Gasteiger partial charge >= 0.3 is 0 Å². The lowest BCUT2D eigenvalue weighted by atomic mass is 10.2. The summed E-state index contributed by atoms with van der Waals surface area (Å²) in [7, 11) is 0. The number of rotatable bonds is 3. The number of halogens is 1. The number of nitrogens with one attached hydrogen (secondary N) is 1. The van der Waals surface area contributed by atoms with Gasteiger partial charge in [-0.1, -0.05) is 12.6 Å².